The van der Waals surface area contributed by atoms with Crippen molar-refractivity contribution in [2.45, 2.75) is 31.0 Å². The summed E-state index contributed by atoms with van der Waals surface area (Å²) in [6.45, 7) is 3.68. The average Bonchev–Trinajstić information content (AvgIpc) is 2.73. The van der Waals surface area contributed by atoms with E-state index in [1.165, 1.54) is 4.31 Å². The predicted molar refractivity (Wildman–Crippen MR) is 111 cm³/mol. The van der Waals surface area contributed by atoms with Crippen molar-refractivity contribution in [3.63, 3.8) is 0 Å². The molecule has 3 aromatic rings. The minimum atomic E-state index is -3.84. The minimum absolute atomic E-state index is 0.204. The standard InChI is InChI=1S/C22H24N2O4S/c1-2-27-15-20-16-28-14-19-8-4-3-7-18(19)13-24(20)29(25,26)21-11-5-9-17-10-6-12-23-22(17)21/h3-12,20H,2,13-16H2,1H3. The van der Waals surface area contributed by atoms with Crippen molar-refractivity contribution in [2.24, 2.45) is 0 Å². The fourth-order valence-corrected chi connectivity index (χ4v) is 5.36. The average molecular weight is 413 g/mol. The van der Waals surface area contributed by atoms with Gasteiger partial charge < -0.3 is 9.47 Å². The number of rotatable bonds is 5. The summed E-state index contributed by atoms with van der Waals surface area (Å²) in [6, 6.07) is 16.3. The lowest BCUT2D eigenvalue weighted by Gasteiger charge is -2.33. The molecule has 2 heterocycles. The van der Waals surface area contributed by atoms with Crippen LogP contribution < -0.4 is 0 Å². The number of hydrogen-bond donors (Lipinski definition) is 0. The van der Waals surface area contributed by atoms with Crippen LogP contribution in [-0.4, -0.2) is 43.6 Å². The summed E-state index contributed by atoms with van der Waals surface area (Å²) in [5.41, 5.74) is 2.41. The molecule has 29 heavy (non-hydrogen) atoms. The summed E-state index contributed by atoms with van der Waals surface area (Å²) in [5.74, 6) is 0. The number of nitrogens with zero attached hydrogens (tertiary/aromatic N) is 2. The lowest BCUT2D eigenvalue weighted by atomic mass is 10.1. The van der Waals surface area contributed by atoms with Gasteiger partial charge in [-0.2, -0.15) is 4.31 Å². The van der Waals surface area contributed by atoms with Crippen molar-refractivity contribution in [2.75, 3.05) is 19.8 Å². The molecule has 1 aromatic heterocycles. The zero-order valence-corrected chi connectivity index (χ0v) is 17.1. The Morgan fingerprint density at radius 2 is 1.90 bits per heavy atom. The lowest BCUT2D eigenvalue weighted by Crippen LogP contribution is -2.46. The van der Waals surface area contributed by atoms with E-state index >= 15 is 0 Å². The second-order valence-corrected chi connectivity index (χ2v) is 8.84. The third-order valence-electron chi connectivity index (χ3n) is 5.12. The molecule has 152 valence electrons. The molecule has 1 aliphatic heterocycles. The molecule has 1 unspecified atom stereocenters. The lowest BCUT2D eigenvalue weighted by molar-refractivity contribution is 0.0211. The number of fused-ring (bicyclic) bond motifs is 2. The molecule has 6 nitrogen and oxygen atoms in total. The van der Waals surface area contributed by atoms with Crippen molar-refractivity contribution in [1.82, 2.24) is 9.29 Å². The Bertz CT molecular complexity index is 1100. The maximum atomic E-state index is 13.8. The summed E-state index contributed by atoms with van der Waals surface area (Å²) >= 11 is 0. The Kier molecular flexibility index (Phi) is 5.91. The molecular formula is C22H24N2O4S. The van der Waals surface area contributed by atoms with Gasteiger partial charge in [0.2, 0.25) is 10.0 Å². The number of para-hydroxylation sites is 1. The van der Waals surface area contributed by atoms with Gasteiger partial charge >= 0.3 is 0 Å². The van der Waals surface area contributed by atoms with Crippen molar-refractivity contribution in [3.8, 4) is 0 Å². The molecule has 0 bridgehead atoms. The fraction of sp³-hybridized carbons (Fsp3) is 0.318. The first kappa shape index (κ1) is 20.0. The number of hydrogen-bond acceptors (Lipinski definition) is 5. The fourth-order valence-electron chi connectivity index (χ4n) is 3.61. The molecule has 2 aromatic carbocycles. The molecule has 0 fully saturated rings. The van der Waals surface area contributed by atoms with E-state index in [1.54, 1.807) is 24.4 Å². The molecule has 0 saturated carbocycles. The highest BCUT2D eigenvalue weighted by atomic mass is 32.2. The van der Waals surface area contributed by atoms with E-state index in [-0.39, 0.29) is 24.7 Å². The first-order valence-electron chi connectivity index (χ1n) is 9.69. The zero-order chi connectivity index (χ0) is 20.3. The van der Waals surface area contributed by atoms with Gasteiger partial charge in [-0.25, -0.2) is 8.42 Å². The summed E-state index contributed by atoms with van der Waals surface area (Å²) in [4.78, 5) is 4.55. The molecule has 0 amide bonds. The monoisotopic (exact) mass is 412 g/mol. The Balaban J connectivity index is 1.82. The van der Waals surface area contributed by atoms with Gasteiger partial charge in [-0.15, -0.1) is 0 Å². The third-order valence-corrected chi connectivity index (χ3v) is 7.05. The Labute approximate surface area is 171 Å². The Hall–Kier alpha value is -2.32. The van der Waals surface area contributed by atoms with Crippen LogP contribution in [0.25, 0.3) is 10.9 Å². The van der Waals surface area contributed by atoms with Gasteiger partial charge in [0, 0.05) is 24.7 Å². The van der Waals surface area contributed by atoms with Gasteiger partial charge in [0.15, 0.2) is 0 Å². The molecular weight excluding hydrogens is 388 g/mol. The van der Waals surface area contributed by atoms with Crippen molar-refractivity contribution in [3.05, 3.63) is 71.9 Å². The first-order chi connectivity index (χ1) is 14.1. The second kappa shape index (κ2) is 8.59. The SMILES string of the molecule is CCOCC1COCc2ccccc2CN1S(=O)(=O)c1cccc2cccnc12. The van der Waals surface area contributed by atoms with Crippen LogP contribution in [0.1, 0.15) is 18.1 Å². The number of ether oxygens (including phenoxy) is 2. The summed E-state index contributed by atoms with van der Waals surface area (Å²) in [7, 11) is -3.84. The highest BCUT2D eigenvalue weighted by molar-refractivity contribution is 7.89. The number of aromatic nitrogens is 1. The molecule has 0 aliphatic carbocycles. The maximum absolute atomic E-state index is 13.8. The van der Waals surface area contributed by atoms with E-state index in [9.17, 15) is 8.42 Å². The van der Waals surface area contributed by atoms with Gasteiger partial charge in [-0.1, -0.05) is 42.5 Å². The van der Waals surface area contributed by atoms with Gasteiger partial charge in [0.05, 0.1) is 31.4 Å². The molecule has 1 aliphatic rings. The number of pyridine rings is 1. The van der Waals surface area contributed by atoms with E-state index in [0.29, 0.717) is 18.7 Å². The first-order valence-corrected chi connectivity index (χ1v) is 11.1. The summed E-state index contributed by atoms with van der Waals surface area (Å²) in [5, 5.41) is 0.790. The topological polar surface area (TPSA) is 68.7 Å². The highest BCUT2D eigenvalue weighted by Crippen LogP contribution is 2.29. The highest BCUT2D eigenvalue weighted by Gasteiger charge is 2.35. The Morgan fingerprint density at radius 3 is 2.72 bits per heavy atom. The molecule has 0 saturated heterocycles. The molecule has 4 rings (SSSR count). The van der Waals surface area contributed by atoms with E-state index in [2.05, 4.69) is 4.98 Å². The van der Waals surface area contributed by atoms with E-state index in [0.717, 1.165) is 16.5 Å². The maximum Gasteiger partial charge on any atom is 0.245 e. The van der Waals surface area contributed by atoms with Crippen LogP contribution >= 0.6 is 0 Å². The minimum Gasteiger partial charge on any atom is -0.380 e. The number of benzene rings is 2. The van der Waals surface area contributed by atoms with E-state index < -0.39 is 16.1 Å². The van der Waals surface area contributed by atoms with Crippen LogP contribution in [0.4, 0.5) is 0 Å². The largest absolute Gasteiger partial charge is 0.380 e. The van der Waals surface area contributed by atoms with Crippen LogP contribution in [-0.2, 0) is 32.6 Å². The van der Waals surface area contributed by atoms with Gasteiger partial charge in [-0.3, -0.25) is 4.98 Å². The summed E-state index contributed by atoms with van der Waals surface area (Å²) in [6.07, 6.45) is 1.62. The Morgan fingerprint density at radius 1 is 1.10 bits per heavy atom. The van der Waals surface area contributed by atoms with Crippen molar-refractivity contribution in [1.29, 1.82) is 0 Å². The van der Waals surface area contributed by atoms with Crippen LogP contribution in [0.2, 0.25) is 0 Å². The third kappa shape index (κ3) is 4.04. The number of sulfonamides is 1. The van der Waals surface area contributed by atoms with E-state index in [4.69, 9.17) is 9.47 Å². The molecule has 0 radical (unpaired) electrons. The molecule has 7 heteroatoms. The van der Waals surface area contributed by atoms with Crippen molar-refractivity contribution >= 4 is 20.9 Å². The van der Waals surface area contributed by atoms with Crippen LogP contribution in [0.5, 0.6) is 0 Å². The quantitative estimate of drug-likeness (QED) is 0.643. The molecule has 0 N–H and O–H groups in total. The van der Waals surface area contributed by atoms with Gasteiger partial charge in [0.1, 0.15) is 4.90 Å². The smallest absolute Gasteiger partial charge is 0.245 e. The van der Waals surface area contributed by atoms with Crippen LogP contribution in [0.3, 0.4) is 0 Å². The van der Waals surface area contributed by atoms with E-state index in [1.807, 2.05) is 43.3 Å². The van der Waals surface area contributed by atoms with Gasteiger partial charge in [0.25, 0.3) is 0 Å². The van der Waals surface area contributed by atoms with Crippen molar-refractivity contribution < 1.29 is 17.9 Å². The van der Waals surface area contributed by atoms with Crippen LogP contribution in [0, 0.1) is 0 Å². The normalized spacial score (nSPS) is 18.2. The predicted octanol–water partition coefficient (Wildman–Crippen LogP) is 3.36. The second-order valence-electron chi connectivity index (χ2n) is 6.98. The van der Waals surface area contributed by atoms with Gasteiger partial charge in [-0.05, 0) is 30.2 Å². The molecule has 0 spiro atoms. The summed E-state index contributed by atoms with van der Waals surface area (Å²) < 4.78 is 40.6. The zero-order valence-electron chi connectivity index (χ0n) is 16.3. The van der Waals surface area contributed by atoms with Crippen LogP contribution in [0.15, 0.2) is 65.7 Å². The molecule has 1 atom stereocenters.